The first-order valence-electron chi connectivity index (χ1n) is 9.04. The summed E-state index contributed by atoms with van der Waals surface area (Å²) in [5.41, 5.74) is 0.603. The van der Waals surface area contributed by atoms with E-state index in [1.165, 1.54) is 22.6 Å². The number of anilines is 1. The number of carboxylic acids is 1. The molecule has 1 aromatic carbocycles. The SMILES string of the molecule is COc1ccc(CCCCCC(=O)Nc2cnn(C(C)(C)C(=O)O)c2)cc1. The van der Waals surface area contributed by atoms with Gasteiger partial charge in [-0.15, -0.1) is 0 Å². The van der Waals surface area contributed by atoms with Crippen LogP contribution in [-0.4, -0.2) is 33.9 Å². The molecule has 0 aliphatic carbocycles. The van der Waals surface area contributed by atoms with E-state index in [4.69, 9.17) is 4.74 Å². The maximum atomic E-state index is 12.0. The number of carboxylic acid groups (broad SMARTS) is 1. The van der Waals surface area contributed by atoms with Crippen LogP contribution in [0.25, 0.3) is 0 Å². The fourth-order valence-electron chi connectivity index (χ4n) is 2.60. The molecule has 0 radical (unpaired) electrons. The summed E-state index contributed by atoms with van der Waals surface area (Å²) in [6.07, 6.45) is 7.19. The third-order valence-electron chi connectivity index (χ3n) is 4.49. The van der Waals surface area contributed by atoms with Crippen LogP contribution in [0.5, 0.6) is 5.75 Å². The molecule has 7 nitrogen and oxygen atoms in total. The van der Waals surface area contributed by atoms with Crippen LogP contribution in [0.2, 0.25) is 0 Å². The number of carbonyl (C=O) groups excluding carboxylic acids is 1. The predicted molar refractivity (Wildman–Crippen MR) is 103 cm³/mol. The summed E-state index contributed by atoms with van der Waals surface area (Å²) in [6, 6.07) is 8.02. The number of amides is 1. The van der Waals surface area contributed by atoms with Crippen LogP contribution in [-0.2, 0) is 21.5 Å². The molecule has 0 unspecified atom stereocenters. The molecule has 0 atom stereocenters. The highest BCUT2D eigenvalue weighted by Crippen LogP contribution is 2.18. The normalized spacial score (nSPS) is 11.2. The number of hydrogen-bond acceptors (Lipinski definition) is 4. The summed E-state index contributed by atoms with van der Waals surface area (Å²) < 4.78 is 6.47. The number of ether oxygens (including phenoxy) is 1. The zero-order chi connectivity index (χ0) is 19.9. The van der Waals surface area contributed by atoms with Gasteiger partial charge in [-0.1, -0.05) is 18.6 Å². The quantitative estimate of drug-likeness (QED) is 0.622. The fraction of sp³-hybridized carbons (Fsp3) is 0.450. The number of carbonyl (C=O) groups is 2. The smallest absolute Gasteiger partial charge is 0.331 e. The number of nitrogens with zero attached hydrogens (tertiary/aromatic N) is 2. The van der Waals surface area contributed by atoms with Gasteiger partial charge in [-0.2, -0.15) is 5.10 Å². The minimum atomic E-state index is -1.16. The average molecular weight is 373 g/mol. The molecule has 0 spiro atoms. The lowest BCUT2D eigenvalue weighted by atomic mass is 10.1. The Morgan fingerprint density at radius 1 is 1.19 bits per heavy atom. The lowest BCUT2D eigenvalue weighted by molar-refractivity contribution is -0.146. The number of rotatable bonds is 10. The molecule has 2 aromatic rings. The standard InChI is InChI=1S/C20H27N3O4/c1-20(2,19(25)26)23-14-16(13-21-23)22-18(24)8-6-4-5-7-15-9-11-17(27-3)12-10-15/h9-14H,4-8H2,1-3H3,(H,22,24)(H,25,26). The molecule has 1 aromatic heterocycles. The van der Waals surface area contributed by atoms with Crippen LogP contribution in [0.15, 0.2) is 36.7 Å². The van der Waals surface area contributed by atoms with Crippen molar-refractivity contribution in [2.45, 2.75) is 51.5 Å². The highest BCUT2D eigenvalue weighted by molar-refractivity contribution is 5.90. The van der Waals surface area contributed by atoms with Gasteiger partial charge in [0.25, 0.3) is 0 Å². The molecule has 27 heavy (non-hydrogen) atoms. The van der Waals surface area contributed by atoms with E-state index in [1.54, 1.807) is 21.0 Å². The largest absolute Gasteiger partial charge is 0.497 e. The van der Waals surface area contributed by atoms with Gasteiger partial charge in [-0.3, -0.25) is 9.48 Å². The molecule has 0 fully saturated rings. The van der Waals surface area contributed by atoms with Crippen molar-refractivity contribution in [2.75, 3.05) is 12.4 Å². The molecule has 0 aliphatic heterocycles. The second-order valence-electron chi connectivity index (χ2n) is 6.99. The van der Waals surface area contributed by atoms with Gasteiger partial charge in [-0.05, 0) is 50.8 Å². The van der Waals surface area contributed by atoms with Gasteiger partial charge in [0.1, 0.15) is 5.75 Å². The van der Waals surface area contributed by atoms with Crippen molar-refractivity contribution in [2.24, 2.45) is 0 Å². The second-order valence-corrected chi connectivity index (χ2v) is 6.99. The van der Waals surface area contributed by atoms with E-state index in [2.05, 4.69) is 22.5 Å². The average Bonchev–Trinajstić information content (AvgIpc) is 3.11. The molecule has 7 heteroatoms. The molecule has 2 N–H and O–H groups in total. The molecule has 1 amide bonds. The Morgan fingerprint density at radius 3 is 2.52 bits per heavy atom. The van der Waals surface area contributed by atoms with Crippen LogP contribution in [0.4, 0.5) is 5.69 Å². The highest BCUT2D eigenvalue weighted by atomic mass is 16.5. The van der Waals surface area contributed by atoms with Gasteiger partial charge in [0.05, 0.1) is 19.0 Å². The third kappa shape index (κ3) is 5.84. The molecular formula is C20H27N3O4. The summed E-state index contributed by atoms with van der Waals surface area (Å²) in [6.45, 7) is 3.10. The number of benzene rings is 1. The zero-order valence-electron chi connectivity index (χ0n) is 16.1. The first-order chi connectivity index (χ1) is 12.8. The maximum Gasteiger partial charge on any atom is 0.331 e. The second kappa shape index (κ2) is 9.21. The number of aliphatic carboxylic acids is 1. The van der Waals surface area contributed by atoms with Gasteiger partial charge in [-0.25, -0.2) is 4.79 Å². The number of aryl methyl sites for hydroxylation is 1. The summed E-state index contributed by atoms with van der Waals surface area (Å²) >= 11 is 0. The molecule has 2 rings (SSSR count). The molecule has 0 saturated heterocycles. The van der Waals surface area contributed by atoms with Gasteiger partial charge in [0.2, 0.25) is 5.91 Å². The van der Waals surface area contributed by atoms with E-state index in [0.29, 0.717) is 12.1 Å². The third-order valence-corrected chi connectivity index (χ3v) is 4.49. The summed E-state index contributed by atoms with van der Waals surface area (Å²) in [7, 11) is 1.65. The maximum absolute atomic E-state index is 12.0. The molecule has 0 bridgehead atoms. The van der Waals surface area contributed by atoms with Crippen molar-refractivity contribution in [3.63, 3.8) is 0 Å². The van der Waals surface area contributed by atoms with E-state index in [9.17, 15) is 14.7 Å². The van der Waals surface area contributed by atoms with Gasteiger partial charge in [0, 0.05) is 12.6 Å². The van der Waals surface area contributed by atoms with E-state index >= 15 is 0 Å². The monoisotopic (exact) mass is 373 g/mol. The van der Waals surface area contributed by atoms with Crippen LogP contribution in [0.3, 0.4) is 0 Å². The molecule has 0 aliphatic rings. The number of aromatic nitrogens is 2. The van der Waals surface area contributed by atoms with Crippen molar-refractivity contribution in [3.05, 3.63) is 42.2 Å². The predicted octanol–water partition coefficient (Wildman–Crippen LogP) is 3.45. The first-order valence-corrected chi connectivity index (χ1v) is 9.04. The van der Waals surface area contributed by atoms with Crippen molar-refractivity contribution < 1.29 is 19.4 Å². The van der Waals surface area contributed by atoms with E-state index in [0.717, 1.165) is 31.4 Å². The topological polar surface area (TPSA) is 93.5 Å². The summed E-state index contributed by atoms with van der Waals surface area (Å²) in [4.78, 5) is 23.3. The molecule has 146 valence electrons. The Kier molecular flexibility index (Phi) is 6.98. The van der Waals surface area contributed by atoms with Crippen molar-refractivity contribution >= 4 is 17.6 Å². The lowest BCUT2D eigenvalue weighted by Crippen LogP contribution is -2.35. The number of unbranched alkanes of at least 4 members (excludes halogenated alkanes) is 2. The van der Waals surface area contributed by atoms with Crippen LogP contribution in [0, 0.1) is 0 Å². The van der Waals surface area contributed by atoms with E-state index < -0.39 is 11.5 Å². The zero-order valence-corrected chi connectivity index (χ0v) is 16.1. The van der Waals surface area contributed by atoms with Crippen molar-refractivity contribution in [3.8, 4) is 5.75 Å². The molecular weight excluding hydrogens is 346 g/mol. The minimum Gasteiger partial charge on any atom is -0.497 e. The van der Waals surface area contributed by atoms with Gasteiger partial charge < -0.3 is 15.2 Å². The summed E-state index contributed by atoms with van der Waals surface area (Å²) in [5, 5.41) is 16.0. The minimum absolute atomic E-state index is 0.0906. The highest BCUT2D eigenvalue weighted by Gasteiger charge is 2.30. The van der Waals surface area contributed by atoms with E-state index in [-0.39, 0.29) is 5.91 Å². The molecule has 1 heterocycles. The van der Waals surface area contributed by atoms with Crippen molar-refractivity contribution in [1.82, 2.24) is 9.78 Å². The van der Waals surface area contributed by atoms with Gasteiger partial charge in [0.15, 0.2) is 5.54 Å². The van der Waals surface area contributed by atoms with Crippen LogP contribution >= 0.6 is 0 Å². The Labute approximate surface area is 159 Å². The first kappa shape index (κ1) is 20.5. The van der Waals surface area contributed by atoms with Gasteiger partial charge >= 0.3 is 5.97 Å². The Bertz CT molecular complexity index is 766. The summed E-state index contributed by atoms with van der Waals surface area (Å²) in [5.74, 6) is -0.224. The Morgan fingerprint density at radius 2 is 1.89 bits per heavy atom. The fourth-order valence-corrected chi connectivity index (χ4v) is 2.60. The number of methoxy groups -OCH3 is 1. The lowest BCUT2D eigenvalue weighted by Gasteiger charge is -2.19. The molecule has 0 saturated carbocycles. The Balaban J connectivity index is 1.69. The van der Waals surface area contributed by atoms with Crippen LogP contribution < -0.4 is 10.1 Å². The van der Waals surface area contributed by atoms with E-state index in [1.807, 2.05) is 12.1 Å². The Hall–Kier alpha value is -2.83. The van der Waals surface area contributed by atoms with Crippen LogP contribution in [0.1, 0.15) is 45.1 Å². The number of nitrogens with one attached hydrogen (secondary N) is 1. The number of hydrogen-bond donors (Lipinski definition) is 2. The van der Waals surface area contributed by atoms with Crippen molar-refractivity contribution in [1.29, 1.82) is 0 Å².